The third kappa shape index (κ3) is 3.51. The third-order valence-electron chi connectivity index (χ3n) is 3.68. The van der Waals surface area contributed by atoms with E-state index in [0.717, 1.165) is 12.8 Å². The minimum Gasteiger partial charge on any atom is -0.355 e. The molecule has 0 atom stereocenters. The summed E-state index contributed by atoms with van der Waals surface area (Å²) in [5.74, 6) is 1.19. The molecule has 0 heterocycles. The van der Waals surface area contributed by atoms with Gasteiger partial charge in [-0.15, -0.1) is 11.8 Å². The van der Waals surface area contributed by atoms with Gasteiger partial charge in [0.05, 0.1) is 0 Å². The summed E-state index contributed by atoms with van der Waals surface area (Å²) in [6.45, 7) is 2.22. The Kier molecular flexibility index (Phi) is 4.66. The molecule has 0 aromatic heterocycles. The van der Waals surface area contributed by atoms with E-state index in [1.165, 1.54) is 39.6 Å². The molecular weight excluding hydrogens is 274 g/mol. The zero-order valence-corrected chi connectivity index (χ0v) is 13.2. The monoisotopic (exact) mass is 295 g/mol. The Morgan fingerprint density at radius 1 is 1.05 bits per heavy atom. The predicted octanol–water partition coefficient (Wildman–Crippen LogP) is 5.59. The predicted molar refractivity (Wildman–Crippen MR) is 93.8 cm³/mol. The molecule has 108 valence electrons. The average molecular weight is 295 g/mol. The van der Waals surface area contributed by atoms with Crippen LogP contribution in [0.4, 0.5) is 5.69 Å². The lowest BCUT2D eigenvalue weighted by molar-refractivity contribution is 0.976. The molecule has 0 saturated heterocycles. The second-order valence-corrected chi connectivity index (χ2v) is 6.48. The van der Waals surface area contributed by atoms with Gasteiger partial charge >= 0.3 is 0 Å². The van der Waals surface area contributed by atoms with Crippen LogP contribution in [0.5, 0.6) is 0 Å². The van der Waals surface area contributed by atoms with Crippen LogP contribution in [0.15, 0.2) is 59.5 Å². The summed E-state index contributed by atoms with van der Waals surface area (Å²) < 4.78 is 0. The van der Waals surface area contributed by atoms with Gasteiger partial charge in [0.2, 0.25) is 0 Å². The minimum absolute atomic E-state index is 1.11. The molecule has 0 amide bonds. The van der Waals surface area contributed by atoms with Gasteiger partial charge in [0.25, 0.3) is 0 Å². The number of hydrogen-bond acceptors (Lipinski definition) is 2. The lowest BCUT2D eigenvalue weighted by Gasteiger charge is -2.19. The normalized spacial score (nSPS) is 13.5. The number of fused-ring (bicyclic) bond motifs is 1. The molecule has 0 radical (unpaired) electrons. The fraction of sp³-hybridized carbons (Fsp3) is 0.263. The van der Waals surface area contributed by atoms with Crippen molar-refractivity contribution in [2.75, 3.05) is 11.1 Å². The lowest BCUT2D eigenvalue weighted by atomic mass is 9.94. The molecule has 2 heteroatoms. The highest BCUT2D eigenvalue weighted by Crippen LogP contribution is 2.28. The molecule has 1 aliphatic rings. The number of allylic oxidation sites excluding steroid dienone is 1. The van der Waals surface area contributed by atoms with Gasteiger partial charge in [0.15, 0.2) is 0 Å². The summed E-state index contributed by atoms with van der Waals surface area (Å²) in [6.07, 6.45) is 5.79. The Labute approximate surface area is 131 Å². The number of rotatable bonds is 5. The summed E-state index contributed by atoms with van der Waals surface area (Å²) in [6, 6.07) is 17.4. The largest absolute Gasteiger partial charge is 0.355 e. The highest BCUT2D eigenvalue weighted by atomic mass is 32.2. The number of hydrogen-bond donors (Lipinski definition) is 1. The number of thioether (sulfide) groups is 1. The molecule has 0 unspecified atom stereocenters. The van der Waals surface area contributed by atoms with Gasteiger partial charge < -0.3 is 5.32 Å². The van der Waals surface area contributed by atoms with E-state index in [2.05, 4.69) is 66.8 Å². The van der Waals surface area contributed by atoms with Crippen LogP contribution in [0.25, 0.3) is 5.70 Å². The van der Waals surface area contributed by atoms with Crippen LogP contribution in [0.3, 0.4) is 0 Å². The van der Waals surface area contributed by atoms with E-state index >= 15 is 0 Å². The van der Waals surface area contributed by atoms with Crippen molar-refractivity contribution in [2.45, 2.75) is 31.1 Å². The van der Waals surface area contributed by atoms with Crippen molar-refractivity contribution in [1.82, 2.24) is 0 Å². The van der Waals surface area contributed by atoms with Crippen LogP contribution < -0.4 is 5.32 Å². The molecule has 1 N–H and O–H groups in total. The molecule has 2 aromatic rings. The Morgan fingerprint density at radius 2 is 1.86 bits per heavy atom. The van der Waals surface area contributed by atoms with Crippen molar-refractivity contribution in [3.05, 3.63) is 65.7 Å². The molecule has 0 fully saturated rings. The molecule has 0 spiro atoms. The van der Waals surface area contributed by atoms with Crippen LogP contribution >= 0.6 is 11.8 Å². The van der Waals surface area contributed by atoms with E-state index in [1.54, 1.807) is 0 Å². The second-order valence-electron chi connectivity index (χ2n) is 5.31. The molecule has 3 rings (SSSR count). The molecule has 21 heavy (non-hydrogen) atoms. The maximum absolute atomic E-state index is 3.57. The Bertz CT molecular complexity index is 628. The van der Waals surface area contributed by atoms with Gasteiger partial charge in [-0.3, -0.25) is 0 Å². The molecule has 0 aliphatic heterocycles. The van der Waals surface area contributed by atoms with Crippen LogP contribution in [0.2, 0.25) is 0 Å². The fourth-order valence-corrected chi connectivity index (χ4v) is 3.38. The summed E-state index contributed by atoms with van der Waals surface area (Å²) in [7, 11) is 0. The lowest BCUT2D eigenvalue weighted by Crippen LogP contribution is -2.06. The first-order chi connectivity index (χ1) is 10.4. The summed E-state index contributed by atoms with van der Waals surface area (Å²) >= 11 is 1.92. The molecule has 0 saturated carbocycles. The Hall–Kier alpha value is -1.67. The highest BCUT2D eigenvalue weighted by Gasteiger charge is 2.11. The summed E-state index contributed by atoms with van der Waals surface area (Å²) in [5.41, 5.74) is 5.19. The van der Waals surface area contributed by atoms with E-state index in [1.807, 2.05) is 11.8 Å². The maximum atomic E-state index is 3.57. The van der Waals surface area contributed by atoms with E-state index in [4.69, 9.17) is 0 Å². The van der Waals surface area contributed by atoms with Crippen LogP contribution in [0.1, 0.15) is 30.9 Å². The van der Waals surface area contributed by atoms with Crippen LogP contribution in [-0.4, -0.2) is 5.75 Å². The molecule has 1 nitrogen and oxygen atoms in total. The smallest absolute Gasteiger partial charge is 0.0420 e. The zero-order valence-electron chi connectivity index (χ0n) is 12.4. The Morgan fingerprint density at radius 3 is 2.67 bits per heavy atom. The average Bonchev–Trinajstić information content (AvgIpc) is 2.55. The minimum atomic E-state index is 1.11. The summed E-state index contributed by atoms with van der Waals surface area (Å²) in [5, 5.41) is 3.57. The molecule has 1 aliphatic carbocycles. The first kappa shape index (κ1) is 14.3. The van der Waals surface area contributed by atoms with Gasteiger partial charge in [-0.2, -0.15) is 0 Å². The fourth-order valence-electron chi connectivity index (χ4n) is 2.61. The van der Waals surface area contributed by atoms with Gasteiger partial charge in [0, 0.05) is 21.8 Å². The third-order valence-corrected chi connectivity index (χ3v) is 4.89. The quantitative estimate of drug-likeness (QED) is 0.722. The number of nitrogens with one attached hydrogen (secondary N) is 1. The Balaban J connectivity index is 1.73. The van der Waals surface area contributed by atoms with Crippen molar-refractivity contribution in [2.24, 2.45) is 0 Å². The standard InChI is InChI=1S/C19H21NS/c1-2-14-21-17-12-10-16(11-13-17)20-19-9-5-7-15-6-3-4-8-18(15)19/h3-4,6,8-13,20H,2,5,7,14H2,1H3. The van der Waals surface area contributed by atoms with Crippen molar-refractivity contribution in [3.63, 3.8) is 0 Å². The first-order valence-corrected chi connectivity index (χ1v) is 8.63. The zero-order chi connectivity index (χ0) is 14.5. The topological polar surface area (TPSA) is 12.0 Å². The first-order valence-electron chi connectivity index (χ1n) is 7.65. The number of aryl methyl sites for hydroxylation is 1. The van der Waals surface area contributed by atoms with Crippen LogP contribution in [-0.2, 0) is 6.42 Å². The summed E-state index contributed by atoms with van der Waals surface area (Å²) in [4.78, 5) is 1.35. The van der Waals surface area contributed by atoms with Crippen molar-refractivity contribution >= 4 is 23.1 Å². The van der Waals surface area contributed by atoms with E-state index in [-0.39, 0.29) is 0 Å². The van der Waals surface area contributed by atoms with Gasteiger partial charge in [0.1, 0.15) is 0 Å². The molecule has 2 aromatic carbocycles. The highest BCUT2D eigenvalue weighted by molar-refractivity contribution is 7.99. The maximum Gasteiger partial charge on any atom is 0.0420 e. The number of anilines is 1. The SMILES string of the molecule is CCCSc1ccc(NC2=CCCc3ccccc32)cc1. The molecular formula is C19H21NS. The van der Waals surface area contributed by atoms with Crippen LogP contribution in [0, 0.1) is 0 Å². The van der Waals surface area contributed by atoms with Crippen molar-refractivity contribution in [1.29, 1.82) is 0 Å². The number of benzene rings is 2. The van der Waals surface area contributed by atoms with Crippen molar-refractivity contribution in [3.8, 4) is 0 Å². The van der Waals surface area contributed by atoms with Crippen molar-refractivity contribution < 1.29 is 0 Å². The van der Waals surface area contributed by atoms with Gasteiger partial charge in [-0.05, 0) is 54.8 Å². The molecule has 0 bridgehead atoms. The van der Waals surface area contributed by atoms with E-state index < -0.39 is 0 Å². The van der Waals surface area contributed by atoms with E-state index in [9.17, 15) is 0 Å². The van der Waals surface area contributed by atoms with E-state index in [0.29, 0.717) is 0 Å². The van der Waals surface area contributed by atoms with Gasteiger partial charge in [-0.25, -0.2) is 0 Å². The van der Waals surface area contributed by atoms with Gasteiger partial charge in [-0.1, -0.05) is 37.3 Å². The second kappa shape index (κ2) is 6.86.